The number of nitrogens with zero attached hydrogens (tertiary/aromatic N) is 2. The monoisotopic (exact) mass is 298 g/mol. The largest absolute Gasteiger partial charge is 0.395 e. The first-order valence-corrected chi connectivity index (χ1v) is 6.55. The quantitative estimate of drug-likeness (QED) is 0.863. The molecule has 1 amide bonds. The Morgan fingerprint density at radius 2 is 2.35 bits per heavy atom. The second-order valence-corrected chi connectivity index (χ2v) is 4.90. The van der Waals surface area contributed by atoms with Gasteiger partial charge in [-0.1, -0.05) is 0 Å². The van der Waals surface area contributed by atoms with E-state index in [2.05, 4.69) is 20.9 Å². The summed E-state index contributed by atoms with van der Waals surface area (Å²) in [5, 5.41) is 9.05. The maximum atomic E-state index is 12.3. The number of aliphatic hydroxyl groups is 1. The Balaban J connectivity index is 2.18. The van der Waals surface area contributed by atoms with Crippen LogP contribution >= 0.6 is 15.9 Å². The SMILES string of the molecule is O=C(c1cccnc1Br)N(CCO)C1CCC1. The molecular formula is C12H15BrN2O2. The van der Waals surface area contributed by atoms with Crippen LogP contribution in [0.5, 0.6) is 0 Å². The van der Waals surface area contributed by atoms with Crippen LogP contribution in [0, 0.1) is 0 Å². The standard InChI is InChI=1S/C12H15BrN2O2/c13-11-10(5-2-6-14-11)12(17)15(7-8-16)9-3-1-4-9/h2,5-6,9,16H,1,3-4,7-8H2. The van der Waals surface area contributed by atoms with Crippen LogP contribution in [0.2, 0.25) is 0 Å². The van der Waals surface area contributed by atoms with Crippen LogP contribution in [-0.2, 0) is 0 Å². The third-order valence-electron chi connectivity index (χ3n) is 3.11. The highest BCUT2D eigenvalue weighted by Gasteiger charge is 2.29. The molecule has 1 aromatic heterocycles. The van der Waals surface area contributed by atoms with Gasteiger partial charge in [0.1, 0.15) is 4.60 Å². The summed E-state index contributed by atoms with van der Waals surface area (Å²) in [6.07, 6.45) is 4.86. The molecule has 1 aromatic rings. The van der Waals surface area contributed by atoms with Crippen molar-refractivity contribution in [3.63, 3.8) is 0 Å². The number of halogens is 1. The van der Waals surface area contributed by atoms with Crippen molar-refractivity contribution in [1.29, 1.82) is 0 Å². The molecular weight excluding hydrogens is 284 g/mol. The van der Waals surface area contributed by atoms with Gasteiger partial charge in [0.25, 0.3) is 5.91 Å². The maximum absolute atomic E-state index is 12.3. The lowest BCUT2D eigenvalue weighted by atomic mass is 9.91. The molecule has 0 atom stereocenters. The first kappa shape index (κ1) is 12.5. The minimum Gasteiger partial charge on any atom is -0.395 e. The van der Waals surface area contributed by atoms with Crippen molar-refractivity contribution in [3.8, 4) is 0 Å². The molecule has 0 bridgehead atoms. The van der Waals surface area contributed by atoms with Crippen molar-refractivity contribution >= 4 is 21.8 Å². The van der Waals surface area contributed by atoms with Gasteiger partial charge in [-0.2, -0.15) is 0 Å². The summed E-state index contributed by atoms with van der Waals surface area (Å²) in [6, 6.07) is 3.78. The number of carbonyl (C=O) groups excluding carboxylic acids is 1. The van der Waals surface area contributed by atoms with Gasteiger partial charge in [-0.05, 0) is 47.3 Å². The van der Waals surface area contributed by atoms with Gasteiger partial charge in [0.15, 0.2) is 0 Å². The Morgan fingerprint density at radius 1 is 1.59 bits per heavy atom. The number of hydrogen-bond donors (Lipinski definition) is 1. The highest BCUT2D eigenvalue weighted by atomic mass is 79.9. The second-order valence-electron chi connectivity index (χ2n) is 4.15. The lowest BCUT2D eigenvalue weighted by Gasteiger charge is -2.37. The number of aromatic nitrogens is 1. The number of rotatable bonds is 4. The van der Waals surface area contributed by atoms with Gasteiger partial charge in [0.05, 0.1) is 12.2 Å². The van der Waals surface area contributed by atoms with Crippen molar-refractivity contribution in [2.45, 2.75) is 25.3 Å². The lowest BCUT2D eigenvalue weighted by molar-refractivity contribution is 0.0524. The molecule has 5 heteroatoms. The highest BCUT2D eigenvalue weighted by Crippen LogP contribution is 2.27. The van der Waals surface area contributed by atoms with E-state index >= 15 is 0 Å². The summed E-state index contributed by atoms with van der Waals surface area (Å²) >= 11 is 3.28. The van der Waals surface area contributed by atoms with E-state index in [1.165, 1.54) is 0 Å². The predicted molar refractivity (Wildman–Crippen MR) is 67.7 cm³/mol. The molecule has 92 valence electrons. The van der Waals surface area contributed by atoms with E-state index in [1.54, 1.807) is 23.2 Å². The van der Waals surface area contributed by atoms with Crippen LogP contribution in [0.25, 0.3) is 0 Å². The summed E-state index contributed by atoms with van der Waals surface area (Å²) in [7, 11) is 0. The van der Waals surface area contributed by atoms with Crippen LogP contribution in [0.3, 0.4) is 0 Å². The molecule has 1 saturated carbocycles. The van der Waals surface area contributed by atoms with Crippen molar-refractivity contribution in [1.82, 2.24) is 9.88 Å². The van der Waals surface area contributed by atoms with Gasteiger partial charge in [-0.3, -0.25) is 4.79 Å². The molecule has 1 fully saturated rings. The Labute approximate surface area is 109 Å². The zero-order valence-electron chi connectivity index (χ0n) is 9.47. The Hall–Kier alpha value is -0.940. The van der Waals surface area contributed by atoms with Crippen molar-refractivity contribution in [2.75, 3.05) is 13.2 Å². The van der Waals surface area contributed by atoms with Gasteiger partial charge < -0.3 is 10.0 Å². The topological polar surface area (TPSA) is 53.4 Å². The van der Waals surface area contributed by atoms with E-state index in [4.69, 9.17) is 5.11 Å². The summed E-state index contributed by atoms with van der Waals surface area (Å²) in [6.45, 7) is 0.394. The van der Waals surface area contributed by atoms with Gasteiger partial charge in [0, 0.05) is 18.8 Å². The summed E-state index contributed by atoms with van der Waals surface area (Å²) in [4.78, 5) is 18.1. The summed E-state index contributed by atoms with van der Waals surface area (Å²) < 4.78 is 0.562. The first-order valence-electron chi connectivity index (χ1n) is 5.76. The fourth-order valence-electron chi connectivity index (χ4n) is 1.96. The van der Waals surface area contributed by atoms with E-state index < -0.39 is 0 Å². The summed E-state index contributed by atoms with van der Waals surface area (Å²) in [5.41, 5.74) is 0.563. The summed E-state index contributed by atoms with van der Waals surface area (Å²) in [5.74, 6) is -0.0521. The van der Waals surface area contributed by atoms with Gasteiger partial charge in [0.2, 0.25) is 0 Å². The minimum atomic E-state index is -0.0521. The zero-order valence-corrected chi connectivity index (χ0v) is 11.1. The third-order valence-corrected chi connectivity index (χ3v) is 3.74. The minimum absolute atomic E-state index is 0.000120. The van der Waals surface area contributed by atoms with Crippen LogP contribution in [0.4, 0.5) is 0 Å². The second kappa shape index (κ2) is 5.60. The van der Waals surface area contributed by atoms with Crippen molar-refractivity contribution in [3.05, 3.63) is 28.5 Å². The molecule has 0 spiro atoms. The normalized spacial score (nSPS) is 15.4. The maximum Gasteiger partial charge on any atom is 0.256 e. The average Bonchev–Trinajstić information content (AvgIpc) is 2.26. The molecule has 0 radical (unpaired) electrons. The van der Waals surface area contributed by atoms with Crippen LogP contribution < -0.4 is 0 Å². The zero-order chi connectivity index (χ0) is 12.3. The van der Waals surface area contributed by atoms with Crippen LogP contribution in [0.1, 0.15) is 29.6 Å². The molecule has 0 unspecified atom stereocenters. The number of carbonyl (C=O) groups is 1. The van der Waals surface area contributed by atoms with Crippen molar-refractivity contribution < 1.29 is 9.90 Å². The predicted octanol–water partition coefficient (Wildman–Crippen LogP) is 1.83. The Bertz CT molecular complexity index is 407. The molecule has 1 aliphatic carbocycles. The molecule has 0 aromatic carbocycles. The Kier molecular flexibility index (Phi) is 4.12. The molecule has 4 nitrogen and oxygen atoms in total. The van der Waals surface area contributed by atoms with Gasteiger partial charge in [-0.25, -0.2) is 4.98 Å². The van der Waals surface area contributed by atoms with E-state index in [1.807, 2.05) is 0 Å². The van der Waals surface area contributed by atoms with Crippen LogP contribution in [-0.4, -0.2) is 40.1 Å². The smallest absolute Gasteiger partial charge is 0.256 e. The fourth-order valence-corrected chi connectivity index (χ4v) is 2.38. The molecule has 2 rings (SSSR count). The third kappa shape index (κ3) is 2.66. The number of amides is 1. The van der Waals surface area contributed by atoms with E-state index in [0.29, 0.717) is 16.7 Å². The number of pyridine rings is 1. The molecule has 1 heterocycles. The van der Waals surface area contributed by atoms with E-state index in [9.17, 15) is 4.79 Å². The van der Waals surface area contributed by atoms with E-state index in [0.717, 1.165) is 19.3 Å². The van der Waals surface area contributed by atoms with Crippen molar-refractivity contribution in [2.24, 2.45) is 0 Å². The molecule has 1 N–H and O–H groups in total. The average molecular weight is 299 g/mol. The van der Waals surface area contributed by atoms with Gasteiger partial charge in [-0.15, -0.1) is 0 Å². The number of aliphatic hydroxyl groups excluding tert-OH is 1. The first-order chi connectivity index (χ1) is 8.24. The van der Waals surface area contributed by atoms with Gasteiger partial charge >= 0.3 is 0 Å². The molecule has 17 heavy (non-hydrogen) atoms. The number of hydrogen-bond acceptors (Lipinski definition) is 3. The lowest BCUT2D eigenvalue weighted by Crippen LogP contribution is -2.45. The van der Waals surface area contributed by atoms with Crippen LogP contribution in [0.15, 0.2) is 22.9 Å². The highest BCUT2D eigenvalue weighted by molar-refractivity contribution is 9.10. The fraction of sp³-hybridized carbons (Fsp3) is 0.500. The molecule has 1 aliphatic rings. The molecule has 0 saturated heterocycles. The molecule has 0 aliphatic heterocycles. The van der Waals surface area contributed by atoms with E-state index in [-0.39, 0.29) is 18.6 Å². The Morgan fingerprint density at radius 3 is 2.88 bits per heavy atom.